The van der Waals surface area contributed by atoms with E-state index in [4.69, 9.17) is 4.74 Å². The summed E-state index contributed by atoms with van der Waals surface area (Å²) < 4.78 is 59.9. The monoisotopic (exact) mass is 425 g/mol. The molecule has 0 bridgehead atoms. The largest absolute Gasteiger partial charge is 0.379 e. The molecule has 10 heteroatoms. The van der Waals surface area contributed by atoms with Gasteiger partial charge in [-0.25, -0.2) is 17.2 Å². The lowest BCUT2D eigenvalue weighted by Crippen LogP contribution is -2.51. The van der Waals surface area contributed by atoms with Crippen LogP contribution in [0, 0.1) is 11.6 Å². The van der Waals surface area contributed by atoms with E-state index in [1.54, 1.807) is 0 Å². The van der Waals surface area contributed by atoms with Crippen LogP contribution in [0.15, 0.2) is 23.1 Å². The van der Waals surface area contributed by atoms with E-state index in [1.165, 1.54) is 4.31 Å². The van der Waals surface area contributed by atoms with E-state index in [1.807, 2.05) is 0 Å². The average molecular weight is 426 g/mol. The third kappa shape index (κ3) is 5.58. The van der Waals surface area contributed by atoms with Crippen molar-refractivity contribution in [3.63, 3.8) is 0 Å². The Balaban J connectivity index is 0.00000261. The highest BCUT2D eigenvalue weighted by Gasteiger charge is 2.33. The number of nitrogens with one attached hydrogen (secondary N) is 1. The normalized spacial score (nSPS) is 21.8. The van der Waals surface area contributed by atoms with Gasteiger partial charge in [0, 0.05) is 38.8 Å². The van der Waals surface area contributed by atoms with E-state index in [-0.39, 0.29) is 23.3 Å². The Bertz CT molecular complexity index is 711. The second-order valence-electron chi connectivity index (χ2n) is 6.65. The minimum absolute atomic E-state index is 0. The maximum atomic E-state index is 13.6. The number of rotatable bonds is 6. The molecule has 0 saturated carbocycles. The van der Waals surface area contributed by atoms with E-state index >= 15 is 0 Å². The van der Waals surface area contributed by atoms with E-state index in [0.717, 1.165) is 50.7 Å². The second kappa shape index (κ2) is 10.1. The van der Waals surface area contributed by atoms with Crippen LogP contribution in [0.25, 0.3) is 0 Å². The number of piperidine rings is 1. The minimum Gasteiger partial charge on any atom is -0.379 e. The van der Waals surface area contributed by atoms with Gasteiger partial charge in [-0.1, -0.05) is 0 Å². The number of hydrogen-bond donors (Lipinski definition) is 1. The van der Waals surface area contributed by atoms with E-state index in [2.05, 4.69) is 10.2 Å². The third-order valence-corrected chi connectivity index (χ3v) is 6.86. The van der Waals surface area contributed by atoms with Crippen LogP contribution in [-0.4, -0.2) is 76.1 Å². The fourth-order valence-electron chi connectivity index (χ4n) is 3.42. The summed E-state index contributed by atoms with van der Waals surface area (Å²) in [6.45, 7) is 5.13. The summed E-state index contributed by atoms with van der Waals surface area (Å²) in [6, 6.07) is 2.57. The Morgan fingerprint density at radius 3 is 2.59 bits per heavy atom. The number of nitrogens with zero attached hydrogens (tertiary/aromatic N) is 2. The number of morpholine rings is 1. The first-order chi connectivity index (χ1) is 12.5. The molecule has 1 atom stereocenters. The van der Waals surface area contributed by atoms with E-state index in [0.29, 0.717) is 32.8 Å². The van der Waals surface area contributed by atoms with Gasteiger partial charge in [0.25, 0.3) is 0 Å². The number of ether oxygens (including phenoxy) is 1. The molecule has 154 valence electrons. The van der Waals surface area contributed by atoms with Gasteiger partial charge in [-0.2, -0.15) is 4.31 Å². The van der Waals surface area contributed by atoms with Crippen molar-refractivity contribution in [1.82, 2.24) is 14.5 Å². The van der Waals surface area contributed by atoms with Gasteiger partial charge in [-0.15, -0.1) is 12.4 Å². The maximum Gasteiger partial charge on any atom is 0.243 e. The lowest BCUT2D eigenvalue weighted by Gasteiger charge is -2.36. The number of hydrogen-bond acceptors (Lipinski definition) is 5. The molecular formula is C17H26ClF2N3O3S. The Morgan fingerprint density at radius 1 is 1.22 bits per heavy atom. The van der Waals surface area contributed by atoms with Crippen molar-refractivity contribution < 1.29 is 21.9 Å². The Hall–Kier alpha value is -0.840. The highest BCUT2D eigenvalue weighted by atomic mass is 35.5. The van der Waals surface area contributed by atoms with Gasteiger partial charge in [-0.3, -0.25) is 4.90 Å². The molecule has 2 aliphatic rings. The van der Waals surface area contributed by atoms with Crippen LogP contribution in [-0.2, 0) is 14.8 Å². The van der Waals surface area contributed by atoms with Gasteiger partial charge in [0.1, 0.15) is 0 Å². The molecule has 2 aliphatic heterocycles. The minimum atomic E-state index is -3.91. The quantitative estimate of drug-likeness (QED) is 0.747. The Kier molecular flexibility index (Phi) is 8.39. The molecule has 2 saturated heterocycles. The zero-order chi connectivity index (χ0) is 18.6. The topological polar surface area (TPSA) is 61.9 Å². The molecule has 3 rings (SSSR count). The molecule has 6 nitrogen and oxygen atoms in total. The van der Waals surface area contributed by atoms with Crippen LogP contribution in [0.1, 0.15) is 12.8 Å². The van der Waals surface area contributed by atoms with Gasteiger partial charge in [-0.05, 0) is 37.6 Å². The predicted octanol–water partition coefficient (Wildman–Crippen LogP) is 1.46. The van der Waals surface area contributed by atoms with E-state index < -0.39 is 21.7 Å². The first-order valence-corrected chi connectivity index (χ1v) is 10.4. The standard InChI is InChI=1S/C17H25F2N3O3S.ClH/c18-16-4-3-15(12-17(16)19)26(23,24)22(14-2-1-5-20-13-14)7-6-21-8-10-25-11-9-21;/h3-4,12,14,20H,1-2,5-11,13H2;1H. The summed E-state index contributed by atoms with van der Waals surface area (Å²) in [5.41, 5.74) is 0. The van der Waals surface area contributed by atoms with Crippen molar-refractivity contribution in [2.75, 3.05) is 52.5 Å². The van der Waals surface area contributed by atoms with Crippen LogP contribution < -0.4 is 5.32 Å². The smallest absolute Gasteiger partial charge is 0.243 e. The lowest BCUT2D eigenvalue weighted by atomic mass is 10.1. The molecule has 1 N–H and O–H groups in total. The molecule has 1 aromatic carbocycles. The summed E-state index contributed by atoms with van der Waals surface area (Å²) in [7, 11) is -3.91. The lowest BCUT2D eigenvalue weighted by molar-refractivity contribution is 0.0350. The van der Waals surface area contributed by atoms with Crippen molar-refractivity contribution in [1.29, 1.82) is 0 Å². The van der Waals surface area contributed by atoms with Gasteiger partial charge < -0.3 is 10.1 Å². The van der Waals surface area contributed by atoms with Gasteiger partial charge in [0.2, 0.25) is 10.0 Å². The molecular weight excluding hydrogens is 400 g/mol. The molecule has 0 aromatic heterocycles. The first kappa shape index (κ1) is 22.4. The molecule has 1 unspecified atom stereocenters. The van der Waals surface area contributed by atoms with Crippen molar-refractivity contribution in [2.24, 2.45) is 0 Å². The number of benzene rings is 1. The number of sulfonamides is 1. The van der Waals surface area contributed by atoms with Gasteiger partial charge in [0.15, 0.2) is 11.6 Å². The predicted molar refractivity (Wildman–Crippen MR) is 101 cm³/mol. The summed E-state index contributed by atoms with van der Waals surface area (Å²) in [5.74, 6) is -2.20. The van der Waals surface area contributed by atoms with Crippen LogP contribution in [0.2, 0.25) is 0 Å². The average Bonchev–Trinajstić information content (AvgIpc) is 2.65. The highest BCUT2D eigenvalue weighted by Crippen LogP contribution is 2.23. The van der Waals surface area contributed by atoms with Crippen LogP contribution >= 0.6 is 12.4 Å². The van der Waals surface area contributed by atoms with Crippen molar-refractivity contribution in [2.45, 2.75) is 23.8 Å². The molecule has 2 heterocycles. The third-order valence-electron chi connectivity index (χ3n) is 4.92. The van der Waals surface area contributed by atoms with Crippen molar-refractivity contribution >= 4 is 22.4 Å². The van der Waals surface area contributed by atoms with Crippen LogP contribution in [0.3, 0.4) is 0 Å². The first-order valence-electron chi connectivity index (χ1n) is 8.96. The molecule has 2 fully saturated rings. The zero-order valence-corrected chi connectivity index (χ0v) is 16.7. The fourth-order valence-corrected chi connectivity index (χ4v) is 5.07. The van der Waals surface area contributed by atoms with Crippen LogP contribution in [0.5, 0.6) is 0 Å². The zero-order valence-electron chi connectivity index (χ0n) is 15.1. The number of halogens is 3. The van der Waals surface area contributed by atoms with Gasteiger partial charge in [0.05, 0.1) is 18.1 Å². The molecule has 27 heavy (non-hydrogen) atoms. The summed E-state index contributed by atoms with van der Waals surface area (Å²) in [5, 5.41) is 3.22. The molecule has 0 amide bonds. The summed E-state index contributed by atoms with van der Waals surface area (Å²) in [6.07, 6.45) is 1.63. The summed E-state index contributed by atoms with van der Waals surface area (Å²) >= 11 is 0. The molecule has 0 radical (unpaired) electrons. The van der Waals surface area contributed by atoms with Gasteiger partial charge >= 0.3 is 0 Å². The summed E-state index contributed by atoms with van der Waals surface area (Å²) in [4.78, 5) is 1.96. The van der Waals surface area contributed by atoms with Crippen molar-refractivity contribution in [3.05, 3.63) is 29.8 Å². The molecule has 0 aliphatic carbocycles. The molecule has 0 spiro atoms. The SMILES string of the molecule is Cl.O=S(=O)(c1ccc(F)c(F)c1)N(CCN1CCOCC1)C1CCCNC1. The highest BCUT2D eigenvalue weighted by molar-refractivity contribution is 7.89. The Labute approximate surface area is 165 Å². The van der Waals surface area contributed by atoms with Crippen molar-refractivity contribution in [3.8, 4) is 0 Å². The fraction of sp³-hybridized carbons (Fsp3) is 0.647. The molecule has 1 aromatic rings. The second-order valence-corrected chi connectivity index (χ2v) is 8.54. The van der Waals surface area contributed by atoms with Crippen LogP contribution in [0.4, 0.5) is 8.78 Å². The van der Waals surface area contributed by atoms with E-state index in [9.17, 15) is 17.2 Å². The Morgan fingerprint density at radius 2 is 1.96 bits per heavy atom. The maximum absolute atomic E-state index is 13.6.